The lowest BCUT2D eigenvalue weighted by Crippen LogP contribution is -1.98. The third kappa shape index (κ3) is 2.00. The van der Waals surface area contributed by atoms with Crippen molar-refractivity contribution >= 4 is 28.6 Å². The van der Waals surface area contributed by atoms with Crippen molar-refractivity contribution in [2.45, 2.75) is 0 Å². The number of benzene rings is 1. The van der Waals surface area contributed by atoms with Crippen LogP contribution in [-0.4, -0.2) is 26.0 Å². The Bertz CT molecular complexity index is 832. The van der Waals surface area contributed by atoms with Crippen molar-refractivity contribution in [3.63, 3.8) is 0 Å². The molecule has 0 atom stereocenters. The summed E-state index contributed by atoms with van der Waals surface area (Å²) in [5.41, 5.74) is 0.842. The number of nitrogens with zero attached hydrogens (tertiary/aromatic N) is 2. The van der Waals surface area contributed by atoms with Crippen molar-refractivity contribution in [2.24, 2.45) is 0 Å². The highest BCUT2D eigenvalue weighted by Crippen LogP contribution is 2.28. The van der Waals surface area contributed by atoms with Crippen LogP contribution in [0.4, 0.5) is 4.39 Å². The van der Waals surface area contributed by atoms with E-state index in [1.807, 2.05) is 0 Å². The molecule has 7 heteroatoms. The Morgan fingerprint density at radius 3 is 2.90 bits per heavy atom. The molecule has 3 rings (SSSR count). The number of hydrogen-bond acceptors (Lipinski definition) is 3. The number of carboxylic acid groups (broad SMARTS) is 1. The standard InChI is InChI=1S/C13H7ClFN3O2/c14-9-5-16-2-1-7(9)12-17-10-4-6(15)3-8(13(19)20)11(10)18-12/h1-5H,(H,17,18)(H,19,20). The number of imidazole rings is 1. The topological polar surface area (TPSA) is 78.9 Å². The van der Waals surface area contributed by atoms with E-state index >= 15 is 0 Å². The molecule has 1 aromatic carbocycles. The van der Waals surface area contributed by atoms with Crippen LogP contribution in [0.15, 0.2) is 30.6 Å². The third-order valence-corrected chi connectivity index (χ3v) is 3.11. The summed E-state index contributed by atoms with van der Waals surface area (Å²) in [7, 11) is 0. The van der Waals surface area contributed by atoms with Gasteiger partial charge in [0.05, 0.1) is 16.1 Å². The maximum atomic E-state index is 13.4. The highest BCUT2D eigenvalue weighted by molar-refractivity contribution is 6.33. The van der Waals surface area contributed by atoms with Crippen LogP contribution in [0.25, 0.3) is 22.4 Å². The number of H-pyrrole nitrogens is 1. The molecule has 3 aromatic rings. The van der Waals surface area contributed by atoms with Crippen LogP contribution in [0.1, 0.15) is 10.4 Å². The van der Waals surface area contributed by atoms with Gasteiger partial charge in [-0.05, 0) is 18.2 Å². The van der Waals surface area contributed by atoms with E-state index < -0.39 is 11.8 Å². The lowest BCUT2D eigenvalue weighted by Gasteiger charge is -1.97. The zero-order chi connectivity index (χ0) is 14.3. The molecule has 0 aliphatic heterocycles. The second-order valence-electron chi connectivity index (χ2n) is 4.10. The number of nitrogens with one attached hydrogen (secondary N) is 1. The van der Waals surface area contributed by atoms with E-state index in [2.05, 4.69) is 15.0 Å². The largest absolute Gasteiger partial charge is 0.478 e. The molecule has 0 bridgehead atoms. The number of halogens is 2. The first-order chi connectivity index (χ1) is 9.56. The van der Waals surface area contributed by atoms with Gasteiger partial charge in [-0.15, -0.1) is 0 Å². The Hall–Kier alpha value is -2.47. The normalized spacial score (nSPS) is 10.9. The Kier molecular flexibility index (Phi) is 2.87. The summed E-state index contributed by atoms with van der Waals surface area (Å²) in [5.74, 6) is -1.53. The number of aromatic nitrogens is 3. The van der Waals surface area contributed by atoms with Crippen LogP contribution in [-0.2, 0) is 0 Å². The van der Waals surface area contributed by atoms with Crippen LogP contribution >= 0.6 is 11.6 Å². The van der Waals surface area contributed by atoms with E-state index in [9.17, 15) is 9.18 Å². The van der Waals surface area contributed by atoms with Gasteiger partial charge in [-0.3, -0.25) is 4.98 Å². The molecule has 2 heterocycles. The first-order valence-corrected chi connectivity index (χ1v) is 5.96. The molecule has 0 radical (unpaired) electrons. The molecular weight excluding hydrogens is 285 g/mol. The van der Waals surface area contributed by atoms with Crippen molar-refractivity contribution in [3.05, 3.63) is 47.0 Å². The highest BCUT2D eigenvalue weighted by Gasteiger charge is 2.16. The van der Waals surface area contributed by atoms with Gasteiger partial charge in [-0.1, -0.05) is 11.6 Å². The first kappa shape index (κ1) is 12.6. The predicted molar refractivity (Wildman–Crippen MR) is 71.3 cm³/mol. The van der Waals surface area contributed by atoms with Gasteiger partial charge in [0, 0.05) is 18.0 Å². The number of aromatic amines is 1. The average Bonchev–Trinajstić information content (AvgIpc) is 2.81. The molecule has 5 nitrogen and oxygen atoms in total. The summed E-state index contributed by atoms with van der Waals surface area (Å²) in [5, 5.41) is 9.45. The highest BCUT2D eigenvalue weighted by atomic mass is 35.5. The minimum Gasteiger partial charge on any atom is -0.478 e. The summed E-state index contributed by atoms with van der Waals surface area (Å²) < 4.78 is 13.4. The maximum Gasteiger partial charge on any atom is 0.338 e. The summed E-state index contributed by atoms with van der Waals surface area (Å²) in [6, 6.07) is 3.76. The zero-order valence-corrected chi connectivity index (χ0v) is 10.6. The van der Waals surface area contributed by atoms with Crippen LogP contribution < -0.4 is 0 Å². The molecule has 0 fully saturated rings. The Labute approximate surface area is 117 Å². The van der Waals surface area contributed by atoms with Crippen LogP contribution in [0, 0.1) is 5.82 Å². The van der Waals surface area contributed by atoms with Gasteiger partial charge in [0.1, 0.15) is 17.2 Å². The fraction of sp³-hybridized carbons (Fsp3) is 0. The number of rotatable bonds is 2. The Morgan fingerprint density at radius 2 is 2.20 bits per heavy atom. The molecule has 0 amide bonds. The quantitative estimate of drug-likeness (QED) is 0.760. The SMILES string of the molecule is O=C(O)c1cc(F)cc2[nH]c(-c3ccncc3Cl)nc12. The smallest absolute Gasteiger partial charge is 0.338 e. The van der Waals surface area contributed by atoms with Crippen molar-refractivity contribution in [2.75, 3.05) is 0 Å². The predicted octanol–water partition coefficient (Wildman–Crippen LogP) is 3.12. The first-order valence-electron chi connectivity index (χ1n) is 5.58. The van der Waals surface area contributed by atoms with Crippen molar-refractivity contribution in [1.82, 2.24) is 15.0 Å². The average molecular weight is 292 g/mol. The summed E-state index contributed by atoms with van der Waals surface area (Å²) in [6.07, 6.45) is 2.98. The molecule has 2 aromatic heterocycles. The van der Waals surface area contributed by atoms with E-state index in [0.29, 0.717) is 21.9 Å². The van der Waals surface area contributed by atoms with Crippen molar-refractivity contribution in [1.29, 1.82) is 0 Å². The van der Waals surface area contributed by atoms with Gasteiger partial charge >= 0.3 is 5.97 Å². The lowest BCUT2D eigenvalue weighted by atomic mass is 10.2. The molecule has 0 aliphatic rings. The van der Waals surface area contributed by atoms with Crippen LogP contribution in [0.2, 0.25) is 5.02 Å². The van der Waals surface area contributed by atoms with Crippen LogP contribution in [0.5, 0.6) is 0 Å². The van der Waals surface area contributed by atoms with Gasteiger partial charge in [-0.2, -0.15) is 0 Å². The van der Waals surface area contributed by atoms with E-state index in [0.717, 1.165) is 6.07 Å². The lowest BCUT2D eigenvalue weighted by molar-refractivity contribution is 0.0698. The molecule has 20 heavy (non-hydrogen) atoms. The Morgan fingerprint density at radius 1 is 1.40 bits per heavy atom. The van der Waals surface area contributed by atoms with Gasteiger partial charge in [0.15, 0.2) is 0 Å². The number of carbonyl (C=O) groups is 1. The Balaban J connectivity index is 2.28. The summed E-state index contributed by atoms with van der Waals surface area (Å²) in [4.78, 5) is 22.0. The molecule has 0 aliphatic carbocycles. The fourth-order valence-electron chi connectivity index (χ4n) is 1.94. The molecule has 0 spiro atoms. The second kappa shape index (κ2) is 4.57. The monoisotopic (exact) mass is 291 g/mol. The van der Waals surface area contributed by atoms with Crippen molar-refractivity contribution < 1.29 is 14.3 Å². The minimum atomic E-state index is -1.24. The summed E-state index contributed by atoms with van der Waals surface area (Å²) >= 11 is 6.01. The molecule has 2 N–H and O–H groups in total. The van der Waals surface area contributed by atoms with E-state index in [-0.39, 0.29) is 11.1 Å². The molecule has 100 valence electrons. The maximum absolute atomic E-state index is 13.4. The molecule has 0 saturated carbocycles. The van der Waals surface area contributed by atoms with Crippen LogP contribution in [0.3, 0.4) is 0 Å². The summed E-state index contributed by atoms with van der Waals surface area (Å²) in [6.45, 7) is 0. The number of carboxylic acids is 1. The van der Waals surface area contributed by atoms with E-state index in [1.165, 1.54) is 18.5 Å². The number of hydrogen-bond donors (Lipinski definition) is 2. The third-order valence-electron chi connectivity index (χ3n) is 2.81. The number of fused-ring (bicyclic) bond motifs is 1. The van der Waals surface area contributed by atoms with Gasteiger partial charge in [0.2, 0.25) is 0 Å². The number of aromatic carboxylic acids is 1. The minimum absolute atomic E-state index is 0.182. The fourth-order valence-corrected chi connectivity index (χ4v) is 2.15. The van der Waals surface area contributed by atoms with Crippen molar-refractivity contribution in [3.8, 4) is 11.4 Å². The second-order valence-corrected chi connectivity index (χ2v) is 4.50. The van der Waals surface area contributed by atoms with Gasteiger partial charge < -0.3 is 10.1 Å². The van der Waals surface area contributed by atoms with Gasteiger partial charge in [0.25, 0.3) is 0 Å². The zero-order valence-electron chi connectivity index (χ0n) is 9.89. The number of pyridine rings is 1. The van der Waals surface area contributed by atoms with E-state index in [1.54, 1.807) is 6.07 Å². The van der Waals surface area contributed by atoms with Gasteiger partial charge in [-0.25, -0.2) is 14.2 Å². The molecule has 0 unspecified atom stereocenters. The molecular formula is C13H7ClFN3O2. The molecule has 0 saturated heterocycles. The van der Waals surface area contributed by atoms with E-state index in [4.69, 9.17) is 16.7 Å².